The summed E-state index contributed by atoms with van der Waals surface area (Å²) in [6.45, 7) is 2.23. The Morgan fingerprint density at radius 3 is 2.42 bits per heavy atom. The molecule has 0 spiro atoms. The number of H-pyrrole nitrogens is 1. The minimum Gasteiger partial charge on any atom is -0.363 e. The third kappa shape index (κ3) is 1.53. The molecule has 4 saturated carbocycles. The van der Waals surface area contributed by atoms with E-state index in [0.717, 1.165) is 36.1 Å². The van der Waals surface area contributed by atoms with Gasteiger partial charge in [0.2, 0.25) is 0 Å². The van der Waals surface area contributed by atoms with Gasteiger partial charge in [0.05, 0.1) is 0 Å². The predicted molar refractivity (Wildman–Crippen MR) is 76.0 cm³/mol. The summed E-state index contributed by atoms with van der Waals surface area (Å²) in [5.74, 6) is 5.13. The van der Waals surface area contributed by atoms with E-state index in [4.69, 9.17) is 0 Å². The first-order valence-electron chi connectivity index (χ1n) is 8.28. The van der Waals surface area contributed by atoms with Gasteiger partial charge in [-0.05, 0) is 85.8 Å². The largest absolute Gasteiger partial charge is 0.363 e. The Kier molecular flexibility index (Phi) is 2.24. The first kappa shape index (κ1) is 11.0. The van der Waals surface area contributed by atoms with Gasteiger partial charge in [0.1, 0.15) is 0 Å². The van der Waals surface area contributed by atoms with E-state index in [1.54, 1.807) is 17.5 Å². The summed E-state index contributed by atoms with van der Waals surface area (Å²) in [5.41, 5.74) is 4.90. The van der Waals surface area contributed by atoms with Crippen LogP contribution in [0.5, 0.6) is 0 Å². The Balaban J connectivity index is 1.54. The molecule has 0 unspecified atom stereocenters. The zero-order valence-corrected chi connectivity index (χ0v) is 11.6. The molecule has 0 radical (unpaired) electrons. The molecule has 102 valence electrons. The highest BCUT2D eigenvalue weighted by Crippen LogP contribution is 2.60. The average Bonchev–Trinajstić information content (AvgIpc) is 2.82. The molecular formula is C17H24N2. The van der Waals surface area contributed by atoms with Crippen molar-refractivity contribution in [3.8, 4) is 0 Å². The lowest BCUT2D eigenvalue weighted by Gasteiger charge is -2.54. The zero-order valence-electron chi connectivity index (χ0n) is 11.6. The molecule has 5 aliphatic rings. The number of aromatic amines is 1. The Bertz CT molecular complexity index is 473. The lowest BCUT2D eigenvalue weighted by Crippen LogP contribution is -2.44. The van der Waals surface area contributed by atoms with Gasteiger partial charge in [-0.1, -0.05) is 0 Å². The number of rotatable bonds is 1. The second-order valence-electron chi connectivity index (χ2n) is 7.58. The molecule has 19 heavy (non-hydrogen) atoms. The highest BCUT2D eigenvalue weighted by atomic mass is 14.9. The molecule has 0 atom stereocenters. The second kappa shape index (κ2) is 3.88. The number of nitrogens with one attached hydrogen (secondary N) is 2. The molecular weight excluding hydrogens is 232 g/mol. The average molecular weight is 256 g/mol. The van der Waals surface area contributed by atoms with Crippen LogP contribution < -0.4 is 5.32 Å². The van der Waals surface area contributed by atoms with Crippen molar-refractivity contribution >= 4 is 0 Å². The van der Waals surface area contributed by atoms with E-state index in [1.807, 2.05) is 0 Å². The van der Waals surface area contributed by atoms with Gasteiger partial charge in [-0.25, -0.2) is 0 Å². The Morgan fingerprint density at radius 2 is 1.68 bits per heavy atom. The zero-order chi connectivity index (χ0) is 12.4. The SMILES string of the molecule is c1[nH]c2c(c1C1C3CC4CC(C3)CC1C4)CCNC2. The summed E-state index contributed by atoms with van der Waals surface area (Å²) in [4.78, 5) is 3.57. The molecule has 4 bridgehead atoms. The molecule has 1 aromatic rings. The Morgan fingerprint density at radius 1 is 0.947 bits per heavy atom. The van der Waals surface area contributed by atoms with E-state index in [1.165, 1.54) is 44.3 Å². The number of hydrogen-bond acceptors (Lipinski definition) is 1. The maximum Gasteiger partial charge on any atom is 0.0360 e. The smallest absolute Gasteiger partial charge is 0.0360 e. The molecule has 0 saturated heterocycles. The van der Waals surface area contributed by atoms with Gasteiger partial charge in [-0.2, -0.15) is 0 Å². The van der Waals surface area contributed by atoms with Crippen molar-refractivity contribution < 1.29 is 0 Å². The summed E-state index contributed by atoms with van der Waals surface area (Å²) in [6, 6.07) is 0. The molecule has 2 heteroatoms. The quantitative estimate of drug-likeness (QED) is 0.793. The van der Waals surface area contributed by atoms with Crippen molar-refractivity contribution in [2.24, 2.45) is 23.7 Å². The third-order valence-electron chi connectivity index (χ3n) is 6.55. The van der Waals surface area contributed by atoms with Crippen LogP contribution in [0.2, 0.25) is 0 Å². The van der Waals surface area contributed by atoms with Gasteiger partial charge in [0.15, 0.2) is 0 Å². The van der Waals surface area contributed by atoms with Crippen LogP contribution in [0, 0.1) is 23.7 Å². The summed E-state index contributed by atoms with van der Waals surface area (Å²) in [7, 11) is 0. The predicted octanol–water partition coefficient (Wildman–Crippen LogP) is 3.20. The normalized spacial score (nSPS) is 43.5. The van der Waals surface area contributed by atoms with Crippen molar-refractivity contribution in [2.45, 2.75) is 51.0 Å². The summed E-state index contributed by atoms with van der Waals surface area (Å²) >= 11 is 0. The minimum atomic E-state index is 0.908. The molecule has 2 heterocycles. The van der Waals surface area contributed by atoms with Crippen molar-refractivity contribution in [3.63, 3.8) is 0 Å². The lowest BCUT2D eigenvalue weighted by atomic mass is 9.50. The fourth-order valence-electron chi connectivity index (χ4n) is 6.12. The summed E-state index contributed by atoms with van der Waals surface area (Å²) in [6.07, 6.45) is 11.3. The van der Waals surface area contributed by atoms with Crippen molar-refractivity contribution in [1.29, 1.82) is 0 Å². The summed E-state index contributed by atoms with van der Waals surface area (Å²) < 4.78 is 0. The van der Waals surface area contributed by atoms with Gasteiger partial charge >= 0.3 is 0 Å². The fraction of sp³-hybridized carbons (Fsp3) is 0.765. The van der Waals surface area contributed by atoms with E-state index in [0.29, 0.717) is 0 Å². The van der Waals surface area contributed by atoms with Crippen LogP contribution in [0.1, 0.15) is 54.8 Å². The molecule has 2 nitrogen and oxygen atoms in total. The van der Waals surface area contributed by atoms with E-state index >= 15 is 0 Å². The van der Waals surface area contributed by atoms with Crippen molar-refractivity contribution in [3.05, 3.63) is 23.0 Å². The second-order valence-corrected chi connectivity index (χ2v) is 7.58. The van der Waals surface area contributed by atoms with E-state index < -0.39 is 0 Å². The van der Waals surface area contributed by atoms with Crippen LogP contribution in [0.25, 0.3) is 0 Å². The molecule has 1 aromatic heterocycles. The van der Waals surface area contributed by atoms with Crippen LogP contribution in [-0.4, -0.2) is 11.5 Å². The molecule has 0 aromatic carbocycles. The maximum atomic E-state index is 3.57. The Hall–Kier alpha value is -0.760. The van der Waals surface area contributed by atoms with Crippen molar-refractivity contribution in [2.75, 3.05) is 6.54 Å². The van der Waals surface area contributed by atoms with Crippen molar-refractivity contribution in [1.82, 2.24) is 10.3 Å². The van der Waals surface area contributed by atoms with Gasteiger partial charge in [0.25, 0.3) is 0 Å². The van der Waals surface area contributed by atoms with Gasteiger partial charge in [-0.15, -0.1) is 0 Å². The van der Waals surface area contributed by atoms with Crippen LogP contribution >= 0.6 is 0 Å². The lowest BCUT2D eigenvalue weighted by molar-refractivity contribution is -0.00302. The molecule has 4 fully saturated rings. The standard InChI is InChI=1S/C17H24N2/c1-2-18-9-16-14(1)15(8-19-16)17-12-4-10-3-11(6-12)7-13(17)5-10/h8,10-13,17-19H,1-7,9H2. The van der Waals surface area contributed by atoms with E-state index in [-0.39, 0.29) is 0 Å². The van der Waals surface area contributed by atoms with Gasteiger partial charge in [0, 0.05) is 18.4 Å². The number of fused-ring (bicyclic) bond motifs is 1. The monoisotopic (exact) mass is 256 g/mol. The van der Waals surface area contributed by atoms with Crippen LogP contribution in [-0.2, 0) is 13.0 Å². The minimum absolute atomic E-state index is 0.908. The topological polar surface area (TPSA) is 27.8 Å². The molecule has 0 amide bonds. The summed E-state index contributed by atoms with van der Waals surface area (Å²) in [5, 5.41) is 3.49. The molecule has 6 rings (SSSR count). The van der Waals surface area contributed by atoms with E-state index in [2.05, 4.69) is 16.5 Å². The Labute approximate surface area is 115 Å². The first-order valence-corrected chi connectivity index (χ1v) is 8.28. The molecule has 4 aliphatic carbocycles. The number of aromatic nitrogens is 1. The van der Waals surface area contributed by atoms with E-state index in [9.17, 15) is 0 Å². The first-order chi connectivity index (χ1) is 9.38. The number of hydrogen-bond donors (Lipinski definition) is 2. The van der Waals surface area contributed by atoms with Gasteiger partial charge in [-0.3, -0.25) is 0 Å². The highest BCUT2D eigenvalue weighted by molar-refractivity contribution is 5.37. The van der Waals surface area contributed by atoms with Crippen LogP contribution in [0.4, 0.5) is 0 Å². The molecule has 1 aliphatic heterocycles. The fourth-order valence-corrected chi connectivity index (χ4v) is 6.12. The highest BCUT2D eigenvalue weighted by Gasteiger charge is 2.49. The van der Waals surface area contributed by atoms with Crippen LogP contribution in [0.15, 0.2) is 6.20 Å². The van der Waals surface area contributed by atoms with Gasteiger partial charge < -0.3 is 10.3 Å². The van der Waals surface area contributed by atoms with Crippen LogP contribution in [0.3, 0.4) is 0 Å². The molecule has 2 N–H and O–H groups in total. The third-order valence-corrected chi connectivity index (χ3v) is 6.55. The maximum absolute atomic E-state index is 3.57.